The number of carbonyl (C=O) groups is 5. The molecule has 2 saturated carbocycles. The summed E-state index contributed by atoms with van der Waals surface area (Å²) in [6, 6.07) is -1.28. The quantitative estimate of drug-likeness (QED) is 0.463. The Morgan fingerprint density at radius 3 is 1.94 bits per heavy atom. The van der Waals surface area contributed by atoms with Crippen molar-refractivity contribution in [1.82, 2.24) is 25.8 Å². The predicted octanol–water partition coefficient (Wildman–Crippen LogP) is 1.33. The number of piperazine rings is 1. The zero-order valence-electron chi connectivity index (χ0n) is 21.4. The van der Waals surface area contributed by atoms with Crippen molar-refractivity contribution in [3.8, 4) is 0 Å². The molecule has 0 bridgehead atoms. The Bertz CT molecular complexity index is 809. The molecule has 0 unspecified atom stereocenters. The van der Waals surface area contributed by atoms with Crippen LogP contribution in [0.3, 0.4) is 0 Å². The van der Waals surface area contributed by atoms with Crippen molar-refractivity contribution in [2.75, 3.05) is 26.2 Å². The summed E-state index contributed by atoms with van der Waals surface area (Å²) in [5.74, 6) is -2.00. The van der Waals surface area contributed by atoms with Crippen LogP contribution >= 0.6 is 0 Å². The van der Waals surface area contributed by atoms with Gasteiger partial charge in [-0.15, -0.1) is 0 Å². The number of amides is 5. The fourth-order valence-electron chi connectivity index (χ4n) is 5.35. The van der Waals surface area contributed by atoms with E-state index in [1.165, 1.54) is 6.92 Å². The minimum absolute atomic E-state index is 0.0161. The first-order valence-corrected chi connectivity index (χ1v) is 13.1. The van der Waals surface area contributed by atoms with Crippen molar-refractivity contribution in [3.63, 3.8) is 0 Å². The minimum atomic E-state index is -1.12. The molecule has 1 heterocycles. The third-order valence-electron chi connectivity index (χ3n) is 7.65. The Kier molecular flexibility index (Phi) is 9.13. The van der Waals surface area contributed by atoms with Crippen LogP contribution < -0.4 is 16.0 Å². The van der Waals surface area contributed by atoms with Gasteiger partial charge < -0.3 is 25.8 Å². The van der Waals surface area contributed by atoms with Gasteiger partial charge in [-0.05, 0) is 31.6 Å². The van der Waals surface area contributed by atoms with Gasteiger partial charge in [-0.1, -0.05) is 46.0 Å². The van der Waals surface area contributed by atoms with Crippen molar-refractivity contribution in [3.05, 3.63) is 0 Å². The smallest absolute Gasteiger partial charge is 0.318 e. The van der Waals surface area contributed by atoms with Crippen LogP contribution in [-0.4, -0.2) is 83.1 Å². The van der Waals surface area contributed by atoms with Crippen LogP contribution in [0, 0.1) is 5.92 Å². The molecule has 3 N–H and O–H groups in total. The maximum Gasteiger partial charge on any atom is 0.318 e. The van der Waals surface area contributed by atoms with E-state index in [0.717, 1.165) is 44.9 Å². The minimum Gasteiger partial charge on any atom is -0.347 e. The monoisotopic (exact) mass is 491 g/mol. The average Bonchev–Trinajstić information content (AvgIpc) is 3.35. The number of hydrogen-bond acceptors (Lipinski definition) is 5. The lowest BCUT2D eigenvalue weighted by molar-refractivity contribution is -0.142. The second-order valence-electron chi connectivity index (χ2n) is 10.6. The summed E-state index contributed by atoms with van der Waals surface area (Å²) >= 11 is 0. The van der Waals surface area contributed by atoms with Gasteiger partial charge in [0.1, 0.15) is 5.54 Å². The fraction of sp³-hybridized carbons (Fsp3) is 0.800. The highest BCUT2D eigenvalue weighted by molar-refractivity contribution is 6.38. The van der Waals surface area contributed by atoms with Gasteiger partial charge in [-0.3, -0.25) is 19.2 Å². The molecule has 0 aromatic carbocycles. The van der Waals surface area contributed by atoms with Crippen molar-refractivity contribution in [2.24, 2.45) is 5.92 Å². The molecular weight excluding hydrogens is 450 g/mol. The number of hydrogen-bond donors (Lipinski definition) is 3. The Morgan fingerprint density at radius 1 is 0.829 bits per heavy atom. The highest BCUT2D eigenvalue weighted by Gasteiger charge is 2.44. The van der Waals surface area contributed by atoms with Gasteiger partial charge in [-0.25, -0.2) is 4.79 Å². The molecule has 1 atom stereocenters. The van der Waals surface area contributed by atoms with Gasteiger partial charge in [0.05, 0.1) is 6.04 Å². The summed E-state index contributed by atoms with van der Waals surface area (Å²) in [6.45, 7) is 6.83. The predicted molar refractivity (Wildman–Crippen MR) is 130 cm³/mol. The topological polar surface area (TPSA) is 128 Å². The summed E-state index contributed by atoms with van der Waals surface area (Å²) in [5.41, 5.74) is -1.12. The SMILES string of the molecule is CC(=O)N1CCN(C(=O)NC2(C(=O)N[C@H](C(=O)C(=O)NC3CCCC3)C(C)C)CCCCC2)CC1. The normalized spacial score (nSPS) is 21.4. The molecular formula is C25H41N5O5. The largest absolute Gasteiger partial charge is 0.347 e. The number of ketones is 1. The van der Waals surface area contributed by atoms with Crippen LogP contribution in [0.25, 0.3) is 0 Å². The third-order valence-corrected chi connectivity index (χ3v) is 7.65. The van der Waals surface area contributed by atoms with Crippen LogP contribution in [0.1, 0.15) is 78.6 Å². The number of urea groups is 1. The van der Waals surface area contributed by atoms with E-state index in [1.807, 2.05) is 0 Å². The summed E-state index contributed by atoms with van der Waals surface area (Å²) in [6.07, 6.45) is 7.31. The molecule has 0 aromatic heterocycles. The van der Waals surface area contributed by atoms with Crippen LogP contribution in [0.4, 0.5) is 4.79 Å². The lowest BCUT2D eigenvalue weighted by Gasteiger charge is -2.41. The summed E-state index contributed by atoms with van der Waals surface area (Å²) in [4.78, 5) is 67.2. The lowest BCUT2D eigenvalue weighted by atomic mass is 9.80. The molecule has 3 rings (SSSR count). The summed E-state index contributed by atoms with van der Waals surface area (Å²) in [5, 5.41) is 8.62. The average molecular weight is 492 g/mol. The van der Waals surface area contributed by atoms with E-state index in [2.05, 4.69) is 16.0 Å². The molecule has 2 aliphatic carbocycles. The third kappa shape index (κ3) is 6.73. The van der Waals surface area contributed by atoms with Crippen molar-refractivity contribution in [2.45, 2.75) is 96.2 Å². The lowest BCUT2D eigenvalue weighted by Crippen LogP contribution is -2.65. The molecule has 0 spiro atoms. The molecule has 10 nitrogen and oxygen atoms in total. The Hall–Kier alpha value is -2.65. The molecule has 3 aliphatic rings. The summed E-state index contributed by atoms with van der Waals surface area (Å²) in [7, 11) is 0. The van der Waals surface area contributed by atoms with Crippen LogP contribution in [0.5, 0.6) is 0 Å². The van der Waals surface area contributed by atoms with E-state index in [-0.39, 0.29) is 23.9 Å². The van der Waals surface area contributed by atoms with E-state index in [9.17, 15) is 24.0 Å². The number of rotatable bonds is 7. The standard InChI is InChI=1S/C25H41N5O5/c1-17(2)20(21(32)22(33)26-19-9-5-6-10-19)27-23(34)25(11-7-4-8-12-25)28-24(35)30-15-13-29(14-16-30)18(3)31/h17,19-20H,4-16H2,1-3H3,(H,26,33)(H,27,34)(H,28,35)/t20-/m0/s1. The van der Waals surface area contributed by atoms with Gasteiger partial charge in [0.15, 0.2) is 0 Å². The maximum atomic E-state index is 13.6. The van der Waals surface area contributed by atoms with Gasteiger partial charge >= 0.3 is 6.03 Å². The van der Waals surface area contributed by atoms with Gasteiger partial charge in [-0.2, -0.15) is 0 Å². The first-order valence-electron chi connectivity index (χ1n) is 13.1. The molecule has 35 heavy (non-hydrogen) atoms. The van der Waals surface area contributed by atoms with Crippen LogP contribution in [-0.2, 0) is 19.2 Å². The van der Waals surface area contributed by atoms with E-state index in [1.54, 1.807) is 23.6 Å². The molecule has 1 saturated heterocycles. The molecule has 0 radical (unpaired) electrons. The zero-order chi connectivity index (χ0) is 25.6. The van der Waals surface area contributed by atoms with Crippen molar-refractivity contribution in [1.29, 1.82) is 0 Å². The Balaban J connectivity index is 1.67. The molecule has 3 fully saturated rings. The highest BCUT2D eigenvalue weighted by atomic mass is 16.2. The van der Waals surface area contributed by atoms with Gasteiger partial charge in [0.25, 0.3) is 5.91 Å². The maximum absolute atomic E-state index is 13.6. The van der Waals surface area contributed by atoms with Crippen molar-refractivity contribution < 1.29 is 24.0 Å². The molecule has 10 heteroatoms. The molecule has 5 amide bonds. The molecule has 196 valence electrons. The molecule has 0 aromatic rings. The Morgan fingerprint density at radius 2 is 1.40 bits per heavy atom. The second-order valence-corrected chi connectivity index (χ2v) is 10.6. The van der Waals surface area contributed by atoms with Crippen molar-refractivity contribution >= 4 is 29.5 Å². The van der Waals surface area contributed by atoms with E-state index in [4.69, 9.17) is 0 Å². The Labute approximate surface area is 207 Å². The van der Waals surface area contributed by atoms with Gasteiger partial charge in [0.2, 0.25) is 17.6 Å². The first-order chi connectivity index (χ1) is 16.6. The van der Waals surface area contributed by atoms with E-state index in [0.29, 0.717) is 39.0 Å². The number of Topliss-reactive ketones (excluding diaryl/α,β-unsaturated/α-hetero) is 1. The van der Waals surface area contributed by atoms with Crippen LogP contribution in [0.2, 0.25) is 0 Å². The number of nitrogens with zero attached hydrogens (tertiary/aromatic N) is 2. The molecule has 1 aliphatic heterocycles. The zero-order valence-corrected chi connectivity index (χ0v) is 21.4. The number of nitrogens with one attached hydrogen (secondary N) is 3. The number of carbonyl (C=O) groups excluding carboxylic acids is 5. The first kappa shape index (κ1) is 26.9. The van der Waals surface area contributed by atoms with Gasteiger partial charge in [0, 0.05) is 39.1 Å². The summed E-state index contributed by atoms with van der Waals surface area (Å²) < 4.78 is 0. The van der Waals surface area contributed by atoms with E-state index < -0.39 is 29.2 Å². The van der Waals surface area contributed by atoms with E-state index >= 15 is 0 Å². The highest BCUT2D eigenvalue weighted by Crippen LogP contribution is 2.29. The fourth-order valence-corrected chi connectivity index (χ4v) is 5.35. The second kappa shape index (κ2) is 11.9. The van der Waals surface area contributed by atoms with Crippen LogP contribution in [0.15, 0.2) is 0 Å².